The van der Waals surface area contributed by atoms with Crippen molar-refractivity contribution in [3.8, 4) is 0 Å². The Balaban J connectivity index is 1.48. The summed E-state index contributed by atoms with van der Waals surface area (Å²) in [6, 6.07) is 11.4. The molecule has 7 heteroatoms. The lowest BCUT2D eigenvalue weighted by Crippen LogP contribution is -2.25. The topological polar surface area (TPSA) is 75.5 Å². The monoisotopic (exact) mass is 343 g/mol. The van der Waals surface area contributed by atoms with Gasteiger partial charge in [0.05, 0.1) is 11.0 Å². The second-order valence-corrected chi connectivity index (χ2v) is 5.97. The Labute approximate surface area is 144 Å². The van der Waals surface area contributed by atoms with E-state index in [0.29, 0.717) is 32.5 Å². The Bertz CT molecular complexity index is 785. The molecular weight excluding hydrogens is 325 g/mol. The fourth-order valence-electron chi connectivity index (χ4n) is 2.94. The molecule has 25 heavy (non-hydrogen) atoms. The summed E-state index contributed by atoms with van der Waals surface area (Å²) >= 11 is 0. The van der Waals surface area contributed by atoms with Gasteiger partial charge in [0.15, 0.2) is 0 Å². The largest absolute Gasteiger partial charge is 0.379 e. The zero-order valence-corrected chi connectivity index (χ0v) is 13.6. The van der Waals surface area contributed by atoms with E-state index in [9.17, 15) is 19.3 Å². The maximum atomic E-state index is 13.1. The molecule has 0 saturated heterocycles. The molecule has 130 valence electrons. The smallest absolute Gasteiger partial charge is 0.295 e. The number of fused-ring (bicyclic) bond motifs is 1. The number of nitrogens with one attached hydrogen (secondary N) is 1. The molecular formula is C18H18FN3O3. The molecule has 0 radical (unpaired) electrons. The van der Waals surface area contributed by atoms with Crippen molar-refractivity contribution < 1.29 is 14.1 Å². The van der Waals surface area contributed by atoms with Gasteiger partial charge in [0.25, 0.3) is 5.69 Å². The van der Waals surface area contributed by atoms with E-state index in [1.165, 1.54) is 23.3 Å². The van der Waals surface area contributed by atoms with E-state index in [1.54, 1.807) is 0 Å². The average molecular weight is 343 g/mol. The van der Waals surface area contributed by atoms with Crippen LogP contribution in [0.3, 0.4) is 0 Å². The Morgan fingerprint density at radius 1 is 1.20 bits per heavy atom. The lowest BCUT2D eigenvalue weighted by Gasteiger charge is -2.15. The van der Waals surface area contributed by atoms with Crippen molar-refractivity contribution in [3.63, 3.8) is 0 Å². The molecule has 0 saturated carbocycles. The minimum Gasteiger partial charge on any atom is -0.379 e. The Kier molecular flexibility index (Phi) is 4.92. The summed E-state index contributed by atoms with van der Waals surface area (Å²) < 4.78 is 13.1. The van der Waals surface area contributed by atoms with Crippen molar-refractivity contribution in [3.05, 3.63) is 69.5 Å². The summed E-state index contributed by atoms with van der Waals surface area (Å²) in [7, 11) is 0. The highest BCUT2D eigenvalue weighted by molar-refractivity contribution is 5.77. The highest BCUT2D eigenvalue weighted by Gasteiger charge is 2.22. The standard InChI is InChI=1S/C18H18FN3O3/c19-15-7-8-16(17(10-15)22(24)25)20-9-3-6-18(23)21-11-13-4-1-2-5-14(13)12-21/h1-2,4-5,7-8,10,20H,3,6,9,11-12H2. The zero-order valence-electron chi connectivity index (χ0n) is 13.6. The van der Waals surface area contributed by atoms with Crippen LogP contribution in [0.15, 0.2) is 42.5 Å². The minimum atomic E-state index is -0.652. The van der Waals surface area contributed by atoms with Crippen molar-refractivity contribution in [1.29, 1.82) is 0 Å². The highest BCUT2D eigenvalue weighted by atomic mass is 19.1. The molecule has 1 aliphatic rings. The number of hydrogen-bond donors (Lipinski definition) is 1. The van der Waals surface area contributed by atoms with Gasteiger partial charge in [-0.3, -0.25) is 14.9 Å². The number of benzene rings is 2. The minimum absolute atomic E-state index is 0.0617. The molecule has 6 nitrogen and oxygen atoms in total. The number of nitrogens with zero attached hydrogens (tertiary/aromatic N) is 2. The number of nitro benzene ring substituents is 1. The van der Waals surface area contributed by atoms with Crippen LogP contribution in [0.25, 0.3) is 0 Å². The molecule has 2 aromatic carbocycles. The molecule has 1 N–H and O–H groups in total. The van der Waals surface area contributed by atoms with E-state index in [-0.39, 0.29) is 17.3 Å². The normalized spacial score (nSPS) is 12.8. The van der Waals surface area contributed by atoms with Gasteiger partial charge >= 0.3 is 0 Å². The van der Waals surface area contributed by atoms with Crippen LogP contribution >= 0.6 is 0 Å². The SMILES string of the molecule is O=C(CCCNc1ccc(F)cc1[N+](=O)[O-])N1Cc2ccccc2C1. The van der Waals surface area contributed by atoms with Crippen molar-refractivity contribution >= 4 is 17.3 Å². The molecule has 1 aliphatic heterocycles. The second kappa shape index (κ2) is 7.29. The molecule has 0 fully saturated rings. The van der Waals surface area contributed by atoms with E-state index in [0.717, 1.165) is 6.07 Å². The number of amides is 1. The van der Waals surface area contributed by atoms with Crippen molar-refractivity contribution in [2.75, 3.05) is 11.9 Å². The molecule has 3 rings (SSSR count). The summed E-state index contributed by atoms with van der Waals surface area (Å²) in [4.78, 5) is 24.4. The summed E-state index contributed by atoms with van der Waals surface area (Å²) in [5, 5.41) is 13.8. The predicted octanol–water partition coefficient (Wildman–Crippen LogP) is 3.47. The summed E-state index contributed by atoms with van der Waals surface area (Å²) in [5.41, 5.74) is 2.31. The van der Waals surface area contributed by atoms with Crippen molar-refractivity contribution in [2.24, 2.45) is 0 Å². The van der Waals surface area contributed by atoms with Gasteiger partial charge in [-0.25, -0.2) is 4.39 Å². The lowest BCUT2D eigenvalue weighted by molar-refractivity contribution is -0.384. The van der Waals surface area contributed by atoms with Crippen LogP contribution < -0.4 is 5.32 Å². The third kappa shape index (κ3) is 3.93. The number of anilines is 1. The quantitative estimate of drug-likeness (QED) is 0.495. The van der Waals surface area contributed by atoms with Gasteiger partial charge in [0.2, 0.25) is 5.91 Å². The van der Waals surface area contributed by atoms with Crippen LogP contribution in [-0.4, -0.2) is 22.3 Å². The summed E-state index contributed by atoms with van der Waals surface area (Å²) in [5.74, 6) is -0.590. The predicted molar refractivity (Wildman–Crippen MR) is 91.5 cm³/mol. The van der Waals surface area contributed by atoms with Crippen LogP contribution in [0.1, 0.15) is 24.0 Å². The first kappa shape index (κ1) is 16.9. The van der Waals surface area contributed by atoms with Crippen LogP contribution in [0.2, 0.25) is 0 Å². The molecule has 0 aromatic heterocycles. The van der Waals surface area contributed by atoms with E-state index in [2.05, 4.69) is 5.32 Å². The first-order valence-electron chi connectivity index (χ1n) is 8.07. The maximum Gasteiger partial charge on any atom is 0.295 e. The number of nitro groups is 1. The van der Waals surface area contributed by atoms with E-state index < -0.39 is 10.7 Å². The lowest BCUT2D eigenvalue weighted by atomic mass is 10.1. The molecule has 0 bridgehead atoms. The molecule has 1 amide bonds. The van der Waals surface area contributed by atoms with E-state index >= 15 is 0 Å². The number of hydrogen-bond acceptors (Lipinski definition) is 4. The maximum absolute atomic E-state index is 13.1. The number of halogens is 1. The fraction of sp³-hybridized carbons (Fsp3) is 0.278. The average Bonchev–Trinajstić information content (AvgIpc) is 3.03. The summed E-state index contributed by atoms with van der Waals surface area (Å²) in [6.07, 6.45) is 0.899. The van der Waals surface area contributed by atoms with Gasteiger partial charge in [-0.1, -0.05) is 24.3 Å². The molecule has 0 aliphatic carbocycles. The van der Waals surface area contributed by atoms with Crippen LogP contribution in [-0.2, 0) is 17.9 Å². The van der Waals surface area contributed by atoms with Crippen LogP contribution in [0.4, 0.5) is 15.8 Å². The number of carbonyl (C=O) groups is 1. The first-order valence-corrected chi connectivity index (χ1v) is 8.07. The molecule has 0 atom stereocenters. The van der Waals surface area contributed by atoms with Crippen molar-refractivity contribution in [1.82, 2.24) is 4.90 Å². The van der Waals surface area contributed by atoms with Gasteiger partial charge in [-0.05, 0) is 29.7 Å². The van der Waals surface area contributed by atoms with Gasteiger partial charge in [0, 0.05) is 26.1 Å². The van der Waals surface area contributed by atoms with Crippen LogP contribution in [0, 0.1) is 15.9 Å². The third-order valence-corrected chi connectivity index (χ3v) is 4.23. The van der Waals surface area contributed by atoms with E-state index in [4.69, 9.17) is 0 Å². The summed E-state index contributed by atoms with van der Waals surface area (Å²) in [6.45, 7) is 1.66. The molecule has 1 heterocycles. The Morgan fingerprint density at radius 3 is 2.52 bits per heavy atom. The number of rotatable bonds is 6. The van der Waals surface area contributed by atoms with E-state index in [1.807, 2.05) is 29.2 Å². The van der Waals surface area contributed by atoms with Gasteiger partial charge in [0.1, 0.15) is 11.5 Å². The third-order valence-electron chi connectivity index (χ3n) is 4.23. The first-order chi connectivity index (χ1) is 12.0. The molecule has 0 spiro atoms. The number of carbonyl (C=O) groups excluding carboxylic acids is 1. The van der Waals surface area contributed by atoms with Gasteiger partial charge in [-0.15, -0.1) is 0 Å². The molecule has 0 unspecified atom stereocenters. The Hall–Kier alpha value is -2.96. The van der Waals surface area contributed by atoms with Gasteiger partial charge in [-0.2, -0.15) is 0 Å². The zero-order chi connectivity index (χ0) is 17.8. The molecule has 2 aromatic rings. The van der Waals surface area contributed by atoms with Gasteiger partial charge < -0.3 is 10.2 Å². The second-order valence-electron chi connectivity index (χ2n) is 5.97. The van der Waals surface area contributed by atoms with Crippen molar-refractivity contribution in [2.45, 2.75) is 25.9 Å². The fourth-order valence-corrected chi connectivity index (χ4v) is 2.94. The highest BCUT2D eigenvalue weighted by Crippen LogP contribution is 2.25. The Morgan fingerprint density at radius 2 is 1.88 bits per heavy atom. The van der Waals surface area contributed by atoms with Crippen LogP contribution in [0.5, 0.6) is 0 Å².